The molecule has 0 aliphatic carbocycles. The minimum Gasteiger partial charge on any atom is -0.361 e. The van der Waals surface area contributed by atoms with Crippen LogP contribution in [0.2, 0.25) is 5.02 Å². The maximum absolute atomic E-state index is 12.7. The molecule has 0 bridgehead atoms. The van der Waals surface area contributed by atoms with Gasteiger partial charge in [-0.2, -0.15) is 0 Å². The molecule has 3 nitrogen and oxygen atoms in total. The van der Waals surface area contributed by atoms with E-state index in [0.29, 0.717) is 6.54 Å². The first-order chi connectivity index (χ1) is 11.5. The number of hydrogen-bond donors (Lipinski definition) is 2. The number of aromatic nitrogens is 1. The lowest BCUT2D eigenvalue weighted by molar-refractivity contribution is -0.125. The normalized spacial score (nSPS) is 11.6. The van der Waals surface area contributed by atoms with Gasteiger partial charge < -0.3 is 10.3 Å². The van der Waals surface area contributed by atoms with E-state index in [2.05, 4.69) is 10.3 Å². The van der Waals surface area contributed by atoms with E-state index < -0.39 is 5.41 Å². The molecule has 124 valence electrons. The summed E-state index contributed by atoms with van der Waals surface area (Å²) in [7, 11) is 0. The Kier molecular flexibility index (Phi) is 4.63. The Morgan fingerprint density at radius 2 is 1.96 bits per heavy atom. The van der Waals surface area contributed by atoms with Crippen LogP contribution in [0.1, 0.15) is 25.0 Å². The smallest absolute Gasteiger partial charge is 0.230 e. The molecule has 24 heavy (non-hydrogen) atoms. The van der Waals surface area contributed by atoms with Gasteiger partial charge in [0.1, 0.15) is 0 Å². The van der Waals surface area contributed by atoms with E-state index in [-0.39, 0.29) is 5.91 Å². The van der Waals surface area contributed by atoms with Crippen molar-refractivity contribution in [1.82, 2.24) is 10.3 Å². The van der Waals surface area contributed by atoms with Crippen LogP contribution in [0.25, 0.3) is 10.9 Å². The minimum absolute atomic E-state index is 0.0225. The van der Waals surface area contributed by atoms with E-state index in [1.54, 1.807) is 0 Å². The molecule has 3 rings (SSSR count). The van der Waals surface area contributed by atoms with Crippen molar-refractivity contribution >= 4 is 28.4 Å². The lowest BCUT2D eigenvalue weighted by Crippen LogP contribution is -2.40. The number of fused-ring (bicyclic) bond motifs is 1. The molecule has 0 aliphatic rings. The highest BCUT2D eigenvalue weighted by Crippen LogP contribution is 2.30. The van der Waals surface area contributed by atoms with Gasteiger partial charge in [-0.1, -0.05) is 41.9 Å². The number of benzene rings is 2. The van der Waals surface area contributed by atoms with Crippen LogP contribution in [-0.2, 0) is 16.6 Å². The number of para-hydroxylation sites is 1. The van der Waals surface area contributed by atoms with Gasteiger partial charge in [0.15, 0.2) is 0 Å². The molecule has 0 unspecified atom stereocenters. The standard InChI is InChI=1S/C20H21ClN2O/c1-20(2,17-13-23-18-9-4-3-8-16(17)18)19(24)22-11-10-14-6-5-7-15(21)12-14/h3-9,12-13,23H,10-11H2,1-2H3,(H,22,24). The number of nitrogens with one attached hydrogen (secondary N) is 2. The third kappa shape index (κ3) is 3.31. The molecule has 2 aromatic carbocycles. The Labute approximate surface area is 147 Å². The van der Waals surface area contributed by atoms with Crippen LogP contribution in [-0.4, -0.2) is 17.4 Å². The van der Waals surface area contributed by atoms with Gasteiger partial charge in [-0.15, -0.1) is 0 Å². The Morgan fingerprint density at radius 3 is 2.75 bits per heavy atom. The Balaban J connectivity index is 1.69. The van der Waals surface area contributed by atoms with Crippen molar-refractivity contribution in [3.05, 3.63) is 70.9 Å². The van der Waals surface area contributed by atoms with Crippen LogP contribution in [0.15, 0.2) is 54.7 Å². The number of carbonyl (C=O) groups excluding carboxylic acids is 1. The van der Waals surface area contributed by atoms with Crippen LogP contribution in [0.5, 0.6) is 0 Å². The zero-order chi connectivity index (χ0) is 17.2. The SMILES string of the molecule is CC(C)(C(=O)NCCc1cccc(Cl)c1)c1c[nH]c2ccccc12. The summed E-state index contributed by atoms with van der Waals surface area (Å²) in [6.07, 6.45) is 2.69. The zero-order valence-electron chi connectivity index (χ0n) is 13.9. The summed E-state index contributed by atoms with van der Waals surface area (Å²) >= 11 is 5.99. The average Bonchev–Trinajstić information content (AvgIpc) is 2.99. The fourth-order valence-corrected chi connectivity index (χ4v) is 3.16. The van der Waals surface area contributed by atoms with Gasteiger partial charge in [0.05, 0.1) is 5.41 Å². The molecule has 0 aliphatic heterocycles. The number of H-pyrrole nitrogens is 1. The molecule has 0 saturated carbocycles. The predicted octanol–water partition coefficient (Wildman–Crippen LogP) is 4.46. The van der Waals surface area contributed by atoms with Crippen molar-refractivity contribution < 1.29 is 4.79 Å². The van der Waals surface area contributed by atoms with Gasteiger partial charge in [0.2, 0.25) is 5.91 Å². The van der Waals surface area contributed by atoms with Crippen LogP contribution in [0.3, 0.4) is 0 Å². The van der Waals surface area contributed by atoms with Crippen LogP contribution < -0.4 is 5.32 Å². The predicted molar refractivity (Wildman–Crippen MR) is 99.5 cm³/mol. The zero-order valence-corrected chi connectivity index (χ0v) is 14.7. The Hall–Kier alpha value is -2.26. The second-order valence-electron chi connectivity index (χ2n) is 6.51. The first-order valence-corrected chi connectivity index (χ1v) is 8.45. The fourth-order valence-electron chi connectivity index (χ4n) is 2.94. The molecule has 2 N–H and O–H groups in total. The van der Waals surface area contributed by atoms with E-state index in [4.69, 9.17) is 11.6 Å². The maximum Gasteiger partial charge on any atom is 0.230 e. The van der Waals surface area contributed by atoms with Crippen molar-refractivity contribution in [1.29, 1.82) is 0 Å². The van der Waals surface area contributed by atoms with Crippen LogP contribution in [0, 0.1) is 0 Å². The first-order valence-electron chi connectivity index (χ1n) is 8.08. The summed E-state index contributed by atoms with van der Waals surface area (Å²) in [6, 6.07) is 15.8. The lowest BCUT2D eigenvalue weighted by Gasteiger charge is -2.23. The molecular weight excluding hydrogens is 320 g/mol. The number of aromatic amines is 1. The quantitative estimate of drug-likeness (QED) is 0.707. The van der Waals surface area contributed by atoms with E-state index in [1.165, 1.54) is 0 Å². The number of hydrogen-bond acceptors (Lipinski definition) is 1. The van der Waals surface area contributed by atoms with Crippen molar-refractivity contribution in [2.75, 3.05) is 6.54 Å². The lowest BCUT2D eigenvalue weighted by atomic mass is 9.83. The second-order valence-corrected chi connectivity index (χ2v) is 6.95. The van der Waals surface area contributed by atoms with E-state index in [0.717, 1.165) is 33.5 Å². The summed E-state index contributed by atoms with van der Waals surface area (Å²) in [5, 5.41) is 4.86. The first kappa shape index (κ1) is 16.6. The van der Waals surface area contributed by atoms with Crippen molar-refractivity contribution in [3.8, 4) is 0 Å². The van der Waals surface area contributed by atoms with Gasteiger partial charge in [0.25, 0.3) is 0 Å². The maximum atomic E-state index is 12.7. The molecule has 4 heteroatoms. The van der Waals surface area contributed by atoms with Crippen LogP contribution in [0.4, 0.5) is 0 Å². The molecule has 0 fully saturated rings. The number of rotatable bonds is 5. The molecular formula is C20H21ClN2O. The van der Waals surface area contributed by atoms with Crippen molar-refractivity contribution in [3.63, 3.8) is 0 Å². The summed E-state index contributed by atoms with van der Waals surface area (Å²) < 4.78 is 0. The number of halogens is 1. The fraction of sp³-hybridized carbons (Fsp3) is 0.250. The second kappa shape index (κ2) is 6.70. The summed E-state index contributed by atoms with van der Waals surface area (Å²) in [4.78, 5) is 16.0. The van der Waals surface area contributed by atoms with E-state index in [1.807, 2.05) is 68.6 Å². The summed E-state index contributed by atoms with van der Waals surface area (Å²) in [6.45, 7) is 4.50. The van der Waals surface area contributed by atoms with Gasteiger partial charge in [-0.05, 0) is 49.6 Å². The summed E-state index contributed by atoms with van der Waals surface area (Å²) in [5.74, 6) is 0.0225. The molecule has 3 aromatic rings. The molecule has 0 atom stereocenters. The van der Waals surface area contributed by atoms with Crippen LogP contribution >= 0.6 is 11.6 Å². The molecule has 0 saturated heterocycles. The summed E-state index contributed by atoms with van der Waals surface area (Å²) in [5.41, 5.74) is 2.58. The monoisotopic (exact) mass is 340 g/mol. The molecule has 1 aromatic heterocycles. The van der Waals surface area contributed by atoms with Crippen molar-refractivity contribution in [2.24, 2.45) is 0 Å². The largest absolute Gasteiger partial charge is 0.361 e. The Morgan fingerprint density at radius 1 is 1.17 bits per heavy atom. The highest BCUT2D eigenvalue weighted by atomic mass is 35.5. The highest BCUT2D eigenvalue weighted by Gasteiger charge is 2.31. The average molecular weight is 341 g/mol. The van der Waals surface area contributed by atoms with Gasteiger partial charge in [-0.25, -0.2) is 0 Å². The number of amides is 1. The van der Waals surface area contributed by atoms with Gasteiger partial charge in [0, 0.05) is 28.7 Å². The third-order valence-electron chi connectivity index (χ3n) is 4.42. The van der Waals surface area contributed by atoms with E-state index in [9.17, 15) is 4.79 Å². The van der Waals surface area contributed by atoms with Gasteiger partial charge in [-0.3, -0.25) is 4.79 Å². The van der Waals surface area contributed by atoms with Crippen molar-refractivity contribution in [2.45, 2.75) is 25.7 Å². The minimum atomic E-state index is -0.603. The molecule has 0 radical (unpaired) electrons. The highest BCUT2D eigenvalue weighted by molar-refractivity contribution is 6.30. The molecule has 1 heterocycles. The number of carbonyl (C=O) groups is 1. The van der Waals surface area contributed by atoms with E-state index >= 15 is 0 Å². The molecule has 1 amide bonds. The molecule has 0 spiro atoms. The van der Waals surface area contributed by atoms with Gasteiger partial charge >= 0.3 is 0 Å². The Bertz CT molecular complexity index is 867. The topological polar surface area (TPSA) is 44.9 Å². The third-order valence-corrected chi connectivity index (χ3v) is 4.65.